The zero-order chi connectivity index (χ0) is 13.0. The van der Waals surface area contributed by atoms with E-state index in [0.717, 1.165) is 46.3 Å². The molecule has 104 valence electrons. The predicted molar refractivity (Wildman–Crippen MR) is 84.6 cm³/mol. The number of hydrogen-bond acceptors (Lipinski definition) is 4. The van der Waals surface area contributed by atoms with Gasteiger partial charge in [-0.05, 0) is 37.5 Å². The summed E-state index contributed by atoms with van der Waals surface area (Å²) in [6.45, 7) is 2.61. The van der Waals surface area contributed by atoms with Crippen molar-refractivity contribution in [2.24, 2.45) is 11.8 Å². The van der Waals surface area contributed by atoms with E-state index in [1.807, 2.05) is 11.7 Å². The maximum absolute atomic E-state index is 10.7. The van der Waals surface area contributed by atoms with E-state index in [9.17, 15) is 5.11 Å². The Kier molecular flexibility index (Phi) is 3.17. The number of rotatable bonds is 2. The fourth-order valence-electron chi connectivity index (χ4n) is 3.92. The number of likely N-dealkylation sites (tertiary alicyclic amines) is 1. The second-order valence-electron chi connectivity index (χ2n) is 6.35. The van der Waals surface area contributed by atoms with Gasteiger partial charge in [-0.1, -0.05) is 22.6 Å². The van der Waals surface area contributed by atoms with Crippen LogP contribution in [0.3, 0.4) is 0 Å². The van der Waals surface area contributed by atoms with Gasteiger partial charge in [0.25, 0.3) is 0 Å². The lowest BCUT2D eigenvalue weighted by atomic mass is 9.81. The molecule has 5 heteroatoms. The summed E-state index contributed by atoms with van der Waals surface area (Å²) in [6.07, 6.45) is 5.93. The van der Waals surface area contributed by atoms with Gasteiger partial charge in [0.05, 0.1) is 10.4 Å². The molecule has 1 aromatic rings. The van der Waals surface area contributed by atoms with Crippen LogP contribution in [0.25, 0.3) is 0 Å². The molecule has 0 radical (unpaired) electrons. The molecule has 0 amide bonds. The van der Waals surface area contributed by atoms with Gasteiger partial charge in [0.1, 0.15) is 5.60 Å². The predicted octanol–water partition coefficient (Wildman–Crippen LogP) is 2.64. The Hall–Kier alpha value is 0.280. The molecule has 2 saturated carbocycles. The third-order valence-corrected chi connectivity index (χ3v) is 8.12. The number of nitrogens with zero attached hydrogens (tertiary/aromatic N) is 2. The first-order valence-corrected chi connectivity index (χ1v) is 9.29. The Labute approximate surface area is 131 Å². The van der Waals surface area contributed by atoms with Gasteiger partial charge in [-0.25, -0.2) is 0 Å². The van der Waals surface area contributed by atoms with Crippen molar-refractivity contribution in [3.63, 3.8) is 0 Å². The minimum absolute atomic E-state index is 0.591. The first kappa shape index (κ1) is 13.0. The molecule has 3 nitrogen and oxygen atoms in total. The Morgan fingerprint density at radius 2 is 2.00 bits per heavy atom. The van der Waals surface area contributed by atoms with Crippen molar-refractivity contribution in [1.29, 1.82) is 0 Å². The molecule has 2 heterocycles. The number of aliphatic hydroxyl groups is 1. The van der Waals surface area contributed by atoms with Gasteiger partial charge in [-0.2, -0.15) is 0 Å². The Morgan fingerprint density at radius 3 is 2.58 bits per heavy atom. The molecule has 3 fully saturated rings. The zero-order valence-electron chi connectivity index (χ0n) is 10.8. The molecule has 0 spiro atoms. The van der Waals surface area contributed by atoms with Crippen LogP contribution in [-0.2, 0) is 5.60 Å². The van der Waals surface area contributed by atoms with E-state index >= 15 is 0 Å². The SMILES string of the molecule is OC1(c2cncs2)CCC(N2C[C@@H]3[C@@H](I)[C@@H]3C2)CC1. The molecule has 1 aliphatic heterocycles. The molecule has 1 saturated heterocycles. The van der Waals surface area contributed by atoms with E-state index in [2.05, 4.69) is 32.5 Å². The van der Waals surface area contributed by atoms with Crippen LogP contribution >= 0.6 is 33.9 Å². The second kappa shape index (κ2) is 4.64. The summed E-state index contributed by atoms with van der Waals surface area (Å²) < 4.78 is 0.951. The van der Waals surface area contributed by atoms with Crippen molar-refractivity contribution in [3.8, 4) is 0 Å². The summed E-state index contributed by atoms with van der Waals surface area (Å²) in [7, 11) is 0. The average Bonchev–Trinajstić information content (AvgIpc) is 2.93. The fraction of sp³-hybridized carbons (Fsp3) is 0.786. The molecule has 19 heavy (non-hydrogen) atoms. The minimum Gasteiger partial charge on any atom is -0.384 e. The largest absolute Gasteiger partial charge is 0.384 e. The van der Waals surface area contributed by atoms with Crippen molar-refractivity contribution in [2.45, 2.75) is 41.3 Å². The summed E-state index contributed by atoms with van der Waals surface area (Å²) in [6, 6.07) is 0.713. The number of thiazole rings is 1. The van der Waals surface area contributed by atoms with Crippen LogP contribution < -0.4 is 0 Å². The van der Waals surface area contributed by atoms with Crippen LogP contribution in [0.5, 0.6) is 0 Å². The van der Waals surface area contributed by atoms with Gasteiger partial charge in [-0.3, -0.25) is 9.88 Å². The third-order valence-electron chi connectivity index (χ3n) is 5.31. The molecule has 0 unspecified atom stereocenters. The van der Waals surface area contributed by atoms with Crippen molar-refractivity contribution >= 4 is 33.9 Å². The van der Waals surface area contributed by atoms with E-state index in [4.69, 9.17) is 0 Å². The van der Waals surface area contributed by atoms with Crippen LogP contribution in [0.1, 0.15) is 30.6 Å². The Balaban J connectivity index is 1.38. The normalized spacial score (nSPS) is 46.2. The smallest absolute Gasteiger partial charge is 0.100 e. The summed E-state index contributed by atoms with van der Waals surface area (Å²) in [5.41, 5.74) is 1.24. The second-order valence-corrected chi connectivity index (χ2v) is 8.68. The lowest BCUT2D eigenvalue weighted by Gasteiger charge is -2.39. The first-order chi connectivity index (χ1) is 9.17. The summed E-state index contributed by atoms with van der Waals surface area (Å²) in [5, 5.41) is 10.7. The number of halogens is 1. The van der Waals surface area contributed by atoms with Crippen LogP contribution in [0.4, 0.5) is 0 Å². The molecule has 0 bridgehead atoms. The quantitative estimate of drug-likeness (QED) is 0.623. The zero-order valence-corrected chi connectivity index (χ0v) is 13.8. The Bertz CT molecular complexity index is 446. The molecule has 4 rings (SSSR count). The van der Waals surface area contributed by atoms with Gasteiger partial charge in [0.2, 0.25) is 0 Å². The van der Waals surface area contributed by atoms with Crippen LogP contribution in [0.2, 0.25) is 0 Å². The van der Waals surface area contributed by atoms with Crippen molar-refractivity contribution in [2.75, 3.05) is 13.1 Å². The Morgan fingerprint density at radius 1 is 1.32 bits per heavy atom. The fourth-order valence-corrected chi connectivity index (χ4v) is 5.98. The maximum atomic E-state index is 10.7. The lowest BCUT2D eigenvalue weighted by Crippen LogP contribution is -2.42. The van der Waals surface area contributed by atoms with Gasteiger partial charge in [0, 0.05) is 29.3 Å². The van der Waals surface area contributed by atoms with Crippen molar-refractivity contribution < 1.29 is 5.11 Å². The number of hydrogen-bond donors (Lipinski definition) is 1. The summed E-state index contributed by atoms with van der Waals surface area (Å²) in [4.78, 5) is 7.86. The number of piperidine rings is 1. The van der Waals surface area contributed by atoms with Crippen molar-refractivity contribution in [1.82, 2.24) is 9.88 Å². The third kappa shape index (κ3) is 2.17. The monoisotopic (exact) mass is 390 g/mol. The van der Waals surface area contributed by atoms with Gasteiger partial charge >= 0.3 is 0 Å². The number of aromatic nitrogens is 1. The van der Waals surface area contributed by atoms with E-state index in [1.54, 1.807) is 11.3 Å². The van der Waals surface area contributed by atoms with Crippen LogP contribution in [-0.4, -0.2) is 38.0 Å². The van der Waals surface area contributed by atoms with Crippen molar-refractivity contribution in [3.05, 3.63) is 16.6 Å². The molecular weight excluding hydrogens is 371 g/mol. The van der Waals surface area contributed by atoms with E-state index in [1.165, 1.54) is 13.1 Å². The molecule has 1 aromatic heterocycles. The van der Waals surface area contributed by atoms with Gasteiger partial charge in [-0.15, -0.1) is 11.3 Å². The number of fused-ring (bicyclic) bond motifs is 1. The van der Waals surface area contributed by atoms with Crippen LogP contribution in [0, 0.1) is 11.8 Å². The highest BCUT2D eigenvalue weighted by Crippen LogP contribution is 2.52. The molecular formula is C14H19IN2OS. The first-order valence-electron chi connectivity index (χ1n) is 7.17. The van der Waals surface area contributed by atoms with Gasteiger partial charge < -0.3 is 5.11 Å². The lowest BCUT2D eigenvalue weighted by molar-refractivity contribution is -0.0206. The highest BCUT2D eigenvalue weighted by atomic mass is 127. The summed E-state index contributed by atoms with van der Waals surface area (Å²) in [5.74, 6) is 1.95. The highest BCUT2D eigenvalue weighted by Gasteiger charge is 2.55. The molecule has 0 aromatic carbocycles. The maximum Gasteiger partial charge on any atom is 0.100 e. The molecule has 3 aliphatic rings. The highest BCUT2D eigenvalue weighted by molar-refractivity contribution is 14.1. The van der Waals surface area contributed by atoms with Crippen LogP contribution in [0.15, 0.2) is 11.7 Å². The number of alkyl halides is 1. The van der Waals surface area contributed by atoms with E-state index < -0.39 is 5.60 Å². The van der Waals surface area contributed by atoms with E-state index in [-0.39, 0.29) is 0 Å². The van der Waals surface area contributed by atoms with E-state index in [0.29, 0.717) is 6.04 Å². The molecule has 1 N–H and O–H groups in total. The molecule has 2 aliphatic carbocycles. The minimum atomic E-state index is -0.591. The molecule has 3 atom stereocenters. The summed E-state index contributed by atoms with van der Waals surface area (Å²) >= 11 is 4.21. The topological polar surface area (TPSA) is 36.4 Å². The average molecular weight is 390 g/mol. The van der Waals surface area contributed by atoms with Gasteiger partial charge in [0.15, 0.2) is 0 Å². The standard InChI is InChI=1S/C14H19IN2OS/c15-13-10-6-17(7-11(10)13)9-1-3-14(18,4-2-9)12-5-16-8-19-12/h5,8-11,13,18H,1-4,6-7H2/t9?,10-,11+,13+,14?.